The molecule has 0 radical (unpaired) electrons. The van der Waals surface area contributed by atoms with Crippen LogP contribution in [0.25, 0.3) is 0 Å². The summed E-state index contributed by atoms with van der Waals surface area (Å²) in [6, 6.07) is 0. The van der Waals surface area contributed by atoms with Crippen molar-refractivity contribution in [2.45, 2.75) is 33.6 Å². The number of carbonyl (C=O) groups is 1. The number of rotatable bonds is 6. The Labute approximate surface area is 111 Å². The topological polar surface area (TPSA) is 44.4 Å². The van der Waals surface area contributed by atoms with Crippen LogP contribution >= 0.6 is 0 Å². The molecule has 1 aliphatic heterocycles. The first-order valence-electron chi connectivity index (χ1n) is 7.07. The van der Waals surface area contributed by atoms with Gasteiger partial charge in [0, 0.05) is 13.1 Å². The second kappa shape index (κ2) is 7.10. The van der Waals surface area contributed by atoms with E-state index in [1.54, 1.807) is 0 Å². The number of hydrogen-bond donors (Lipinski definition) is 2. The van der Waals surface area contributed by atoms with Crippen LogP contribution in [0.1, 0.15) is 33.6 Å². The van der Waals surface area contributed by atoms with Crippen LogP contribution in [-0.4, -0.2) is 50.6 Å². The summed E-state index contributed by atoms with van der Waals surface area (Å²) in [6.07, 6.45) is 2.42. The third kappa shape index (κ3) is 5.83. The molecule has 0 aromatic rings. The molecule has 0 atom stereocenters. The maximum Gasteiger partial charge on any atom is 0.233 e. The largest absolute Gasteiger partial charge is 0.355 e. The molecule has 0 aromatic heterocycles. The lowest BCUT2D eigenvalue weighted by atomic mass is 9.80. The van der Waals surface area contributed by atoms with E-state index >= 15 is 0 Å². The Kier molecular flexibility index (Phi) is 6.09. The minimum Gasteiger partial charge on any atom is -0.355 e. The average Bonchev–Trinajstić information content (AvgIpc) is 2.31. The Hall–Kier alpha value is -0.610. The first-order chi connectivity index (χ1) is 8.41. The molecule has 0 saturated carbocycles. The highest BCUT2D eigenvalue weighted by molar-refractivity contribution is 5.77. The molecule has 1 fully saturated rings. The van der Waals surface area contributed by atoms with Crippen LogP contribution < -0.4 is 10.6 Å². The van der Waals surface area contributed by atoms with Crippen LogP contribution in [0.4, 0.5) is 0 Å². The summed E-state index contributed by atoms with van der Waals surface area (Å²) in [5.74, 6) is 0.626. The van der Waals surface area contributed by atoms with Gasteiger partial charge in [0.05, 0.1) is 6.54 Å². The van der Waals surface area contributed by atoms with Gasteiger partial charge in [-0.25, -0.2) is 0 Å². The molecule has 4 heteroatoms. The van der Waals surface area contributed by atoms with Gasteiger partial charge in [-0.1, -0.05) is 20.8 Å². The summed E-state index contributed by atoms with van der Waals surface area (Å²) in [5, 5.41) is 6.23. The van der Waals surface area contributed by atoms with Crippen molar-refractivity contribution >= 4 is 5.91 Å². The SMILES string of the molecule is CC(C)CNC(=O)CNCC1(C)CCN(C)CC1. The highest BCUT2D eigenvalue weighted by Gasteiger charge is 2.28. The molecule has 0 bridgehead atoms. The minimum absolute atomic E-state index is 0.111. The van der Waals surface area contributed by atoms with Crippen LogP contribution in [0.5, 0.6) is 0 Å². The molecular weight excluding hydrogens is 226 g/mol. The number of hydrogen-bond acceptors (Lipinski definition) is 3. The van der Waals surface area contributed by atoms with E-state index in [2.05, 4.69) is 43.4 Å². The normalized spacial score (nSPS) is 20.1. The van der Waals surface area contributed by atoms with E-state index in [0.717, 1.165) is 26.2 Å². The Bertz CT molecular complexity index is 258. The van der Waals surface area contributed by atoms with Gasteiger partial charge >= 0.3 is 0 Å². The summed E-state index contributed by atoms with van der Waals surface area (Å²) in [4.78, 5) is 13.9. The van der Waals surface area contributed by atoms with E-state index < -0.39 is 0 Å². The zero-order chi connectivity index (χ0) is 13.6. The summed E-state index contributed by atoms with van der Waals surface area (Å²) < 4.78 is 0. The second-order valence-corrected chi connectivity index (χ2v) is 6.42. The van der Waals surface area contributed by atoms with Crippen molar-refractivity contribution < 1.29 is 4.79 Å². The van der Waals surface area contributed by atoms with Crippen LogP contribution in [0.2, 0.25) is 0 Å². The van der Waals surface area contributed by atoms with Gasteiger partial charge in [0.2, 0.25) is 5.91 Å². The van der Waals surface area contributed by atoms with E-state index in [1.165, 1.54) is 12.8 Å². The maximum absolute atomic E-state index is 11.6. The summed E-state index contributed by atoms with van der Waals surface area (Å²) >= 11 is 0. The van der Waals surface area contributed by atoms with E-state index in [4.69, 9.17) is 0 Å². The second-order valence-electron chi connectivity index (χ2n) is 6.42. The van der Waals surface area contributed by atoms with Crippen molar-refractivity contribution in [2.75, 3.05) is 39.8 Å². The van der Waals surface area contributed by atoms with Gasteiger partial charge in [0.25, 0.3) is 0 Å². The minimum atomic E-state index is 0.111. The average molecular weight is 255 g/mol. The molecular formula is C14H29N3O. The van der Waals surface area contributed by atoms with Crippen molar-refractivity contribution in [1.29, 1.82) is 0 Å². The molecule has 0 unspecified atom stereocenters. The van der Waals surface area contributed by atoms with Gasteiger partial charge in [-0.05, 0) is 44.3 Å². The molecule has 106 valence electrons. The van der Waals surface area contributed by atoms with Crippen molar-refractivity contribution in [2.24, 2.45) is 11.3 Å². The standard InChI is InChI=1S/C14H29N3O/c1-12(2)9-16-13(18)10-15-11-14(3)5-7-17(4)8-6-14/h12,15H,5-11H2,1-4H3,(H,16,18). The van der Waals surface area contributed by atoms with Gasteiger partial charge < -0.3 is 15.5 Å². The third-order valence-electron chi connectivity index (χ3n) is 3.74. The van der Waals surface area contributed by atoms with Crippen LogP contribution in [0.3, 0.4) is 0 Å². The van der Waals surface area contributed by atoms with Gasteiger partial charge in [-0.15, -0.1) is 0 Å². The fourth-order valence-corrected chi connectivity index (χ4v) is 2.19. The predicted octanol–water partition coefficient (Wildman–Crippen LogP) is 1.08. The van der Waals surface area contributed by atoms with E-state index in [9.17, 15) is 4.79 Å². The van der Waals surface area contributed by atoms with Gasteiger partial charge in [0.15, 0.2) is 0 Å². The third-order valence-corrected chi connectivity index (χ3v) is 3.74. The summed E-state index contributed by atoms with van der Waals surface area (Å²) in [6.45, 7) is 11.0. The highest BCUT2D eigenvalue weighted by Crippen LogP contribution is 2.29. The highest BCUT2D eigenvalue weighted by atomic mass is 16.1. The zero-order valence-corrected chi connectivity index (χ0v) is 12.4. The van der Waals surface area contributed by atoms with E-state index in [1.807, 2.05) is 0 Å². The Morgan fingerprint density at radius 2 is 1.94 bits per heavy atom. The van der Waals surface area contributed by atoms with Crippen molar-refractivity contribution in [3.05, 3.63) is 0 Å². The summed E-state index contributed by atoms with van der Waals surface area (Å²) in [7, 11) is 2.17. The predicted molar refractivity (Wildman–Crippen MR) is 75.6 cm³/mol. The number of amides is 1. The number of piperidine rings is 1. The first kappa shape index (κ1) is 15.4. The molecule has 0 spiro atoms. The van der Waals surface area contributed by atoms with Gasteiger partial charge in [-0.3, -0.25) is 4.79 Å². The Morgan fingerprint density at radius 1 is 1.33 bits per heavy atom. The quantitative estimate of drug-likeness (QED) is 0.746. The fraction of sp³-hybridized carbons (Fsp3) is 0.929. The molecule has 1 heterocycles. The molecule has 1 aliphatic rings. The smallest absolute Gasteiger partial charge is 0.233 e. The van der Waals surface area contributed by atoms with Crippen LogP contribution in [0, 0.1) is 11.3 Å². The number of likely N-dealkylation sites (tertiary alicyclic amines) is 1. The van der Waals surface area contributed by atoms with E-state index in [-0.39, 0.29) is 5.91 Å². The molecule has 1 rings (SSSR count). The molecule has 1 amide bonds. The van der Waals surface area contributed by atoms with Gasteiger partial charge in [-0.2, -0.15) is 0 Å². The number of carbonyl (C=O) groups excluding carboxylic acids is 1. The lowest BCUT2D eigenvalue weighted by molar-refractivity contribution is -0.120. The van der Waals surface area contributed by atoms with Crippen molar-refractivity contribution in [3.63, 3.8) is 0 Å². The van der Waals surface area contributed by atoms with Crippen molar-refractivity contribution in [3.8, 4) is 0 Å². The summed E-state index contributed by atoms with van der Waals surface area (Å²) in [5.41, 5.74) is 0.352. The molecule has 18 heavy (non-hydrogen) atoms. The number of nitrogens with zero attached hydrogens (tertiary/aromatic N) is 1. The fourth-order valence-electron chi connectivity index (χ4n) is 2.19. The lowest BCUT2D eigenvalue weighted by Crippen LogP contribution is -2.44. The number of nitrogens with one attached hydrogen (secondary N) is 2. The molecule has 4 nitrogen and oxygen atoms in total. The molecule has 2 N–H and O–H groups in total. The molecule has 0 aromatic carbocycles. The van der Waals surface area contributed by atoms with Crippen molar-refractivity contribution in [1.82, 2.24) is 15.5 Å². The van der Waals surface area contributed by atoms with Crippen LogP contribution in [0.15, 0.2) is 0 Å². The molecule has 1 saturated heterocycles. The Morgan fingerprint density at radius 3 is 2.50 bits per heavy atom. The first-order valence-corrected chi connectivity index (χ1v) is 7.07. The Balaban J connectivity index is 2.15. The van der Waals surface area contributed by atoms with E-state index in [0.29, 0.717) is 17.9 Å². The molecule has 0 aliphatic carbocycles. The monoisotopic (exact) mass is 255 g/mol. The lowest BCUT2D eigenvalue weighted by Gasteiger charge is -2.38. The maximum atomic E-state index is 11.6. The van der Waals surface area contributed by atoms with Crippen LogP contribution in [-0.2, 0) is 4.79 Å². The van der Waals surface area contributed by atoms with Gasteiger partial charge in [0.1, 0.15) is 0 Å². The zero-order valence-electron chi connectivity index (χ0n) is 12.4.